The highest BCUT2D eigenvalue weighted by Crippen LogP contribution is 2.24. The van der Waals surface area contributed by atoms with Gasteiger partial charge in [-0.15, -0.1) is 0 Å². The Morgan fingerprint density at radius 3 is 2.75 bits per heavy atom. The minimum Gasteiger partial charge on any atom is -0.392 e. The summed E-state index contributed by atoms with van der Waals surface area (Å²) < 4.78 is 0. The van der Waals surface area contributed by atoms with Crippen LogP contribution in [-0.4, -0.2) is 35.6 Å². The van der Waals surface area contributed by atoms with Crippen molar-refractivity contribution in [3.05, 3.63) is 23.4 Å². The first-order chi connectivity index (χ1) is 9.60. The van der Waals surface area contributed by atoms with Gasteiger partial charge in [-0.25, -0.2) is 4.98 Å². The van der Waals surface area contributed by atoms with Gasteiger partial charge in [-0.2, -0.15) is 0 Å². The van der Waals surface area contributed by atoms with Crippen molar-refractivity contribution < 1.29 is 9.90 Å². The van der Waals surface area contributed by atoms with Crippen LogP contribution in [0.25, 0.3) is 0 Å². The van der Waals surface area contributed by atoms with Gasteiger partial charge in [0.15, 0.2) is 0 Å². The van der Waals surface area contributed by atoms with Crippen LogP contribution in [0.4, 0.5) is 5.82 Å². The maximum atomic E-state index is 10.9. The number of hydrogen-bond donors (Lipinski definition) is 2. The Bertz CT molecular complexity index is 468. The number of aromatic nitrogens is 1. The number of aliphatic hydroxyl groups is 1. The molecule has 0 radical (unpaired) electrons. The van der Waals surface area contributed by atoms with Crippen LogP contribution in [0, 0.1) is 12.8 Å². The zero-order valence-corrected chi connectivity index (χ0v) is 12.2. The van der Waals surface area contributed by atoms with Crippen LogP contribution >= 0.6 is 0 Å². The summed E-state index contributed by atoms with van der Waals surface area (Å²) in [5.41, 5.74) is 1.96. The SMILES string of the molecule is CC(=O)NCC1CCN(c2ncc(CO)cc2C)CC1. The summed E-state index contributed by atoms with van der Waals surface area (Å²) in [6.45, 7) is 6.34. The number of piperidine rings is 1. The monoisotopic (exact) mass is 277 g/mol. The second kappa shape index (κ2) is 6.70. The second-order valence-corrected chi connectivity index (χ2v) is 5.51. The van der Waals surface area contributed by atoms with Crippen LogP contribution < -0.4 is 10.2 Å². The molecule has 1 aromatic rings. The molecule has 2 rings (SSSR count). The summed E-state index contributed by atoms with van der Waals surface area (Å²) in [6, 6.07) is 1.99. The van der Waals surface area contributed by atoms with Crippen molar-refractivity contribution in [2.75, 3.05) is 24.5 Å². The standard InChI is InChI=1S/C15H23N3O2/c1-11-7-14(10-19)9-17-15(11)18-5-3-13(4-6-18)8-16-12(2)20/h7,9,13,19H,3-6,8,10H2,1-2H3,(H,16,20). The average molecular weight is 277 g/mol. The van der Waals surface area contributed by atoms with E-state index < -0.39 is 0 Å². The van der Waals surface area contributed by atoms with Gasteiger partial charge in [-0.1, -0.05) is 0 Å². The number of aryl methyl sites for hydroxylation is 1. The number of nitrogens with one attached hydrogen (secondary N) is 1. The first-order valence-electron chi connectivity index (χ1n) is 7.16. The lowest BCUT2D eigenvalue weighted by atomic mass is 9.96. The van der Waals surface area contributed by atoms with Gasteiger partial charge in [0.25, 0.3) is 0 Å². The maximum absolute atomic E-state index is 10.9. The van der Waals surface area contributed by atoms with Crippen LogP contribution in [0.5, 0.6) is 0 Å². The fourth-order valence-corrected chi connectivity index (χ4v) is 2.68. The summed E-state index contributed by atoms with van der Waals surface area (Å²) in [7, 11) is 0. The van der Waals surface area contributed by atoms with Gasteiger partial charge in [0, 0.05) is 32.8 Å². The molecule has 1 aliphatic rings. The Kier molecular flexibility index (Phi) is 4.95. The highest BCUT2D eigenvalue weighted by atomic mass is 16.3. The zero-order valence-electron chi connectivity index (χ0n) is 12.2. The lowest BCUT2D eigenvalue weighted by molar-refractivity contribution is -0.119. The lowest BCUT2D eigenvalue weighted by Gasteiger charge is -2.33. The van der Waals surface area contributed by atoms with E-state index in [9.17, 15) is 4.79 Å². The van der Waals surface area contributed by atoms with Gasteiger partial charge in [-0.3, -0.25) is 4.79 Å². The minimum absolute atomic E-state index is 0.0346. The Balaban J connectivity index is 1.92. The van der Waals surface area contributed by atoms with Gasteiger partial charge in [0.1, 0.15) is 5.82 Å². The van der Waals surface area contributed by atoms with E-state index in [2.05, 4.69) is 15.2 Å². The summed E-state index contributed by atoms with van der Waals surface area (Å²) in [4.78, 5) is 17.7. The Hall–Kier alpha value is -1.62. The van der Waals surface area contributed by atoms with E-state index in [1.807, 2.05) is 13.0 Å². The highest BCUT2D eigenvalue weighted by Gasteiger charge is 2.21. The number of aliphatic hydroxyl groups excluding tert-OH is 1. The quantitative estimate of drug-likeness (QED) is 0.869. The molecule has 1 aromatic heterocycles. The molecular weight excluding hydrogens is 254 g/mol. The molecule has 1 aliphatic heterocycles. The van der Waals surface area contributed by atoms with Gasteiger partial charge in [-0.05, 0) is 42.9 Å². The normalized spacial score (nSPS) is 16.2. The van der Waals surface area contributed by atoms with E-state index in [-0.39, 0.29) is 12.5 Å². The van der Waals surface area contributed by atoms with Gasteiger partial charge >= 0.3 is 0 Å². The third kappa shape index (κ3) is 3.70. The van der Waals surface area contributed by atoms with Crippen LogP contribution in [0.2, 0.25) is 0 Å². The zero-order chi connectivity index (χ0) is 14.5. The minimum atomic E-state index is 0.0346. The number of hydrogen-bond acceptors (Lipinski definition) is 4. The van der Waals surface area contributed by atoms with Gasteiger partial charge in [0.05, 0.1) is 6.61 Å². The van der Waals surface area contributed by atoms with Crippen molar-refractivity contribution in [1.29, 1.82) is 0 Å². The Morgan fingerprint density at radius 2 is 2.20 bits per heavy atom. The lowest BCUT2D eigenvalue weighted by Crippen LogP contribution is -2.38. The molecule has 0 aliphatic carbocycles. The molecule has 2 N–H and O–H groups in total. The number of nitrogens with zero attached hydrogens (tertiary/aromatic N) is 2. The smallest absolute Gasteiger partial charge is 0.216 e. The predicted octanol–water partition coefficient (Wildman–Crippen LogP) is 1.23. The van der Waals surface area contributed by atoms with Crippen LogP contribution in [-0.2, 0) is 11.4 Å². The summed E-state index contributed by atoms with van der Waals surface area (Å²) in [5, 5.41) is 12.0. The third-order valence-corrected chi connectivity index (χ3v) is 3.84. The fourth-order valence-electron chi connectivity index (χ4n) is 2.68. The van der Waals surface area contributed by atoms with E-state index in [0.29, 0.717) is 5.92 Å². The van der Waals surface area contributed by atoms with Crippen molar-refractivity contribution >= 4 is 11.7 Å². The molecule has 110 valence electrons. The van der Waals surface area contributed by atoms with Crippen LogP contribution in [0.3, 0.4) is 0 Å². The predicted molar refractivity (Wildman–Crippen MR) is 78.5 cm³/mol. The molecule has 0 unspecified atom stereocenters. The highest BCUT2D eigenvalue weighted by molar-refractivity contribution is 5.72. The molecule has 20 heavy (non-hydrogen) atoms. The average Bonchev–Trinajstić information content (AvgIpc) is 2.45. The molecule has 0 atom stereocenters. The molecule has 0 saturated carbocycles. The van der Waals surface area contributed by atoms with Crippen molar-refractivity contribution in [3.8, 4) is 0 Å². The first-order valence-corrected chi connectivity index (χ1v) is 7.16. The second-order valence-electron chi connectivity index (χ2n) is 5.51. The molecule has 1 saturated heterocycles. The van der Waals surface area contributed by atoms with Crippen molar-refractivity contribution in [3.63, 3.8) is 0 Å². The number of pyridine rings is 1. The van der Waals surface area contributed by atoms with E-state index in [4.69, 9.17) is 5.11 Å². The van der Waals surface area contributed by atoms with Crippen molar-refractivity contribution in [1.82, 2.24) is 10.3 Å². The maximum Gasteiger partial charge on any atom is 0.216 e. The Labute approximate surface area is 120 Å². The number of carbonyl (C=O) groups is 1. The molecule has 0 aromatic carbocycles. The molecule has 5 nitrogen and oxygen atoms in total. The largest absolute Gasteiger partial charge is 0.392 e. The van der Waals surface area contributed by atoms with Gasteiger partial charge in [0.2, 0.25) is 5.91 Å². The van der Waals surface area contributed by atoms with Crippen molar-refractivity contribution in [2.24, 2.45) is 5.92 Å². The van der Waals surface area contributed by atoms with E-state index in [1.54, 1.807) is 13.1 Å². The topological polar surface area (TPSA) is 65.5 Å². The van der Waals surface area contributed by atoms with Crippen LogP contribution in [0.15, 0.2) is 12.3 Å². The number of anilines is 1. The first kappa shape index (κ1) is 14.8. The molecule has 1 fully saturated rings. The molecule has 1 amide bonds. The third-order valence-electron chi connectivity index (χ3n) is 3.84. The molecule has 0 spiro atoms. The molecule has 0 bridgehead atoms. The Morgan fingerprint density at radius 1 is 1.50 bits per heavy atom. The molecular formula is C15H23N3O2. The summed E-state index contributed by atoms with van der Waals surface area (Å²) in [5.74, 6) is 1.62. The van der Waals surface area contributed by atoms with Crippen LogP contribution in [0.1, 0.15) is 30.9 Å². The van der Waals surface area contributed by atoms with Crippen molar-refractivity contribution in [2.45, 2.75) is 33.3 Å². The van der Waals surface area contributed by atoms with E-state index in [1.165, 1.54) is 0 Å². The molecule has 2 heterocycles. The van der Waals surface area contributed by atoms with Gasteiger partial charge < -0.3 is 15.3 Å². The molecule has 5 heteroatoms. The number of carbonyl (C=O) groups excluding carboxylic acids is 1. The number of rotatable bonds is 4. The fraction of sp³-hybridized carbons (Fsp3) is 0.600. The van der Waals surface area contributed by atoms with E-state index in [0.717, 1.165) is 49.4 Å². The number of amides is 1. The summed E-state index contributed by atoms with van der Waals surface area (Å²) >= 11 is 0. The van der Waals surface area contributed by atoms with E-state index >= 15 is 0 Å². The summed E-state index contributed by atoms with van der Waals surface area (Å²) in [6.07, 6.45) is 3.89.